The van der Waals surface area contributed by atoms with Crippen LogP contribution in [0.15, 0.2) is 72.9 Å². The third kappa shape index (κ3) is 57.7. The summed E-state index contributed by atoms with van der Waals surface area (Å²) in [7, 11) is 0. The number of unbranched alkanes of at least 4 members (excludes halogenated alkanes) is 33. The highest BCUT2D eigenvalue weighted by molar-refractivity contribution is 5.71. The van der Waals surface area contributed by atoms with Gasteiger partial charge in [-0.1, -0.05) is 273 Å². The van der Waals surface area contributed by atoms with Gasteiger partial charge in [-0.3, -0.25) is 14.4 Å². The number of hydrogen-bond donors (Lipinski definition) is 0. The van der Waals surface area contributed by atoms with Crippen LogP contribution in [0, 0.1) is 0 Å². The van der Waals surface area contributed by atoms with Crippen molar-refractivity contribution in [2.75, 3.05) is 13.2 Å². The molecular formula is C66H116O6. The summed E-state index contributed by atoms with van der Waals surface area (Å²) in [6.07, 6.45) is 77.6. The van der Waals surface area contributed by atoms with Gasteiger partial charge in [0, 0.05) is 19.3 Å². The van der Waals surface area contributed by atoms with E-state index in [4.69, 9.17) is 14.2 Å². The third-order valence-corrected chi connectivity index (χ3v) is 13.4. The predicted molar refractivity (Wildman–Crippen MR) is 311 cm³/mol. The highest BCUT2D eigenvalue weighted by Gasteiger charge is 2.19. The molecule has 0 saturated carbocycles. The van der Waals surface area contributed by atoms with Crippen molar-refractivity contribution in [2.24, 2.45) is 0 Å². The molecule has 1 unspecified atom stereocenters. The minimum Gasteiger partial charge on any atom is -0.462 e. The summed E-state index contributed by atoms with van der Waals surface area (Å²) in [6.45, 7) is 6.53. The summed E-state index contributed by atoms with van der Waals surface area (Å²) in [6, 6.07) is 0. The Morgan fingerprint density at radius 3 is 0.875 bits per heavy atom. The average Bonchev–Trinajstić information content (AvgIpc) is 3.38. The Morgan fingerprint density at radius 2 is 0.542 bits per heavy atom. The Labute approximate surface area is 446 Å². The van der Waals surface area contributed by atoms with Crippen molar-refractivity contribution >= 4 is 17.9 Å². The first-order chi connectivity index (χ1) is 35.5. The summed E-state index contributed by atoms with van der Waals surface area (Å²) >= 11 is 0. The van der Waals surface area contributed by atoms with Crippen LogP contribution < -0.4 is 0 Å². The fourth-order valence-electron chi connectivity index (χ4n) is 8.82. The molecule has 0 amide bonds. The fourth-order valence-corrected chi connectivity index (χ4v) is 8.82. The minimum atomic E-state index is -0.786. The van der Waals surface area contributed by atoms with Crippen LogP contribution in [0.2, 0.25) is 0 Å². The van der Waals surface area contributed by atoms with Crippen LogP contribution in [0.5, 0.6) is 0 Å². The molecule has 0 aliphatic carbocycles. The largest absolute Gasteiger partial charge is 0.462 e. The molecule has 6 heteroatoms. The van der Waals surface area contributed by atoms with Crippen molar-refractivity contribution in [3.8, 4) is 0 Å². The van der Waals surface area contributed by atoms with Crippen molar-refractivity contribution in [3.63, 3.8) is 0 Å². The van der Waals surface area contributed by atoms with E-state index in [1.165, 1.54) is 154 Å². The predicted octanol–water partition coefficient (Wildman–Crippen LogP) is 20.9. The van der Waals surface area contributed by atoms with Crippen molar-refractivity contribution in [1.29, 1.82) is 0 Å². The maximum absolute atomic E-state index is 12.9. The molecule has 0 aromatic rings. The Morgan fingerprint density at radius 1 is 0.292 bits per heavy atom. The molecule has 0 aliphatic rings. The van der Waals surface area contributed by atoms with Crippen LogP contribution in [-0.2, 0) is 28.6 Å². The zero-order valence-electron chi connectivity index (χ0n) is 47.7. The van der Waals surface area contributed by atoms with E-state index in [2.05, 4.69) is 93.7 Å². The molecule has 72 heavy (non-hydrogen) atoms. The maximum atomic E-state index is 12.9. The molecule has 416 valence electrons. The van der Waals surface area contributed by atoms with E-state index in [0.717, 1.165) is 116 Å². The first kappa shape index (κ1) is 68.8. The van der Waals surface area contributed by atoms with E-state index < -0.39 is 6.10 Å². The van der Waals surface area contributed by atoms with Crippen LogP contribution in [0.3, 0.4) is 0 Å². The molecule has 0 heterocycles. The maximum Gasteiger partial charge on any atom is 0.306 e. The van der Waals surface area contributed by atoms with Gasteiger partial charge in [-0.15, -0.1) is 0 Å². The second-order valence-electron chi connectivity index (χ2n) is 20.6. The monoisotopic (exact) mass is 1000 g/mol. The zero-order valence-corrected chi connectivity index (χ0v) is 47.7. The van der Waals surface area contributed by atoms with Gasteiger partial charge in [-0.05, 0) is 89.9 Å². The molecule has 0 fully saturated rings. The Hall–Kier alpha value is -3.15. The smallest absolute Gasteiger partial charge is 0.306 e. The second kappa shape index (κ2) is 60.4. The summed E-state index contributed by atoms with van der Waals surface area (Å²) < 4.78 is 16.9. The SMILES string of the molecule is CC/C=C\C/C=C\C/C=C\C/C=C\C/C=C\CCCCCCCC(=O)OCC(COC(=O)CCCCCCC/C=C\CCCCCC)OC(=O)CCCCCCCCCCCCCCCCCCCCCC. The lowest BCUT2D eigenvalue weighted by Crippen LogP contribution is -2.30. The van der Waals surface area contributed by atoms with Crippen LogP contribution in [0.25, 0.3) is 0 Å². The quantitative estimate of drug-likeness (QED) is 0.0261. The van der Waals surface area contributed by atoms with Gasteiger partial charge in [-0.2, -0.15) is 0 Å². The lowest BCUT2D eigenvalue weighted by molar-refractivity contribution is -0.167. The molecule has 0 bridgehead atoms. The fraction of sp³-hybridized carbons (Fsp3) is 0.773. The van der Waals surface area contributed by atoms with Crippen LogP contribution in [0.4, 0.5) is 0 Å². The molecule has 0 aromatic carbocycles. The number of carbonyl (C=O) groups is 3. The molecule has 0 N–H and O–H groups in total. The van der Waals surface area contributed by atoms with Gasteiger partial charge >= 0.3 is 17.9 Å². The van der Waals surface area contributed by atoms with Crippen LogP contribution >= 0.6 is 0 Å². The minimum absolute atomic E-state index is 0.0836. The number of hydrogen-bond acceptors (Lipinski definition) is 6. The van der Waals surface area contributed by atoms with E-state index in [9.17, 15) is 14.4 Å². The number of carbonyl (C=O) groups excluding carboxylic acids is 3. The second-order valence-corrected chi connectivity index (χ2v) is 20.6. The molecule has 1 atom stereocenters. The van der Waals surface area contributed by atoms with Gasteiger partial charge in [0.25, 0.3) is 0 Å². The molecule has 0 aromatic heterocycles. The highest BCUT2D eigenvalue weighted by Crippen LogP contribution is 2.17. The molecule has 0 saturated heterocycles. The first-order valence-corrected chi connectivity index (χ1v) is 30.9. The lowest BCUT2D eigenvalue weighted by Gasteiger charge is -2.18. The molecule has 0 radical (unpaired) electrons. The van der Waals surface area contributed by atoms with Gasteiger partial charge in [0.1, 0.15) is 13.2 Å². The molecule has 0 rings (SSSR count). The van der Waals surface area contributed by atoms with Gasteiger partial charge in [0.2, 0.25) is 0 Å². The number of rotatable bonds is 56. The Balaban J connectivity index is 4.37. The summed E-state index contributed by atoms with van der Waals surface area (Å²) in [5.74, 6) is -0.896. The molecular weight excluding hydrogens is 889 g/mol. The summed E-state index contributed by atoms with van der Waals surface area (Å²) in [5.41, 5.74) is 0. The topological polar surface area (TPSA) is 78.9 Å². The van der Waals surface area contributed by atoms with Crippen LogP contribution in [0.1, 0.15) is 310 Å². The Bertz CT molecular complexity index is 1340. The normalized spacial score (nSPS) is 12.5. The standard InChI is InChI=1S/C66H116O6/c1-4-7-10-13-16-19-22-25-27-29-31-33-35-36-38-41-44-47-50-53-56-59-65(68)71-62-63(61-70-64(67)58-55-52-49-46-43-40-24-21-18-15-12-9-6-3)72-66(69)60-57-54-51-48-45-42-39-37-34-32-30-28-26-23-20-17-14-11-8-5-2/h7,10,16,19,21,24-25,27,31,33,36,38,63H,4-6,8-9,11-15,17-18,20,22-23,26,28-30,32,34-35,37,39-62H2,1-3H3/b10-7-,19-16-,24-21-,27-25-,33-31-,38-36-. The van der Waals surface area contributed by atoms with Gasteiger partial charge in [0.05, 0.1) is 0 Å². The van der Waals surface area contributed by atoms with E-state index in [-0.39, 0.29) is 31.1 Å². The van der Waals surface area contributed by atoms with Crippen molar-refractivity contribution in [3.05, 3.63) is 72.9 Å². The molecule has 0 aliphatic heterocycles. The van der Waals surface area contributed by atoms with Crippen molar-refractivity contribution < 1.29 is 28.6 Å². The van der Waals surface area contributed by atoms with Crippen molar-refractivity contribution in [1.82, 2.24) is 0 Å². The van der Waals surface area contributed by atoms with E-state index >= 15 is 0 Å². The number of ether oxygens (including phenoxy) is 3. The van der Waals surface area contributed by atoms with Gasteiger partial charge in [-0.25, -0.2) is 0 Å². The lowest BCUT2D eigenvalue weighted by atomic mass is 10.0. The zero-order chi connectivity index (χ0) is 52.2. The van der Waals surface area contributed by atoms with Gasteiger partial charge < -0.3 is 14.2 Å². The highest BCUT2D eigenvalue weighted by atomic mass is 16.6. The molecule has 6 nitrogen and oxygen atoms in total. The summed E-state index contributed by atoms with van der Waals surface area (Å²) in [5, 5.41) is 0. The summed E-state index contributed by atoms with van der Waals surface area (Å²) in [4.78, 5) is 38.2. The molecule has 0 spiro atoms. The number of esters is 3. The van der Waals surface area contributed by atoms with Crippen molar-refractivity contribution in [2.45, 2.75) is 316 Å². The van der Waals surface area contributed by atoms with Gasteiger partial charge in [0.15, 0.2) is 6.10 Å². The van der Waals surface area contributed by atoms with E-state index in [1.54, 1.807) is 0 Å². The first-order valence-electron chi connectivity index (χ1n) is 30.9. The number of allylic oxidation sites excluding steroid dienone is 12. The van der Waals surface area contributed by atoms with E-state index in [0.29, 0.717) is 19.3 Å². The van der Waals surface area contributed by atoms with E-state index in [1.807, 2.05) is 0 Å². The third-order valence-electron chi connectivity index (χ3n) is 13.4. The average molecular weight is 1010 g/mol. The van der Waals surface area contributed by atoms with Crippen LogP contribution in [-0.4, -0.2) is 37.2 Å². The Kier molecular flexibility index (Phi) is 57.8.